The van der Waals surface area contributed by atoms with Gasteiger partial charge in [-0.15, -0.1) is 0 Å². The molecule has 1 amide bonds. The molecule has 2 aromatic carbocycles. The lowest BCUT2D eigenvalue weighted by molar-refractivity contribution is -0.255. The second-order valence-electron chi connectivity index (χ2n) is 4.14. The molecule has 0 fully saturated rings. The SMILES string of the molecule is O=C([O-])c1ccccc1C(=O)NCc1ccc(F)cc1. The van der Waals surface area contributed by atoms with Gasteiger partial charge in [-0.3, -0.25) is 4.79 Å². The zero-order chi connectivity index (χ0) is 14.5. The number of carboxylic acids is 1. The summed E-state index contributed by atoms with van der Waals surface area (Å²) in [5.41, 5.74) is 0.587. The van der Waals surface area contributed by atoms with Gasteiger partial charge in [0.2, 0.25) is 0 Å². The van der Waals surface area contributed by atoms with Crippen molar-refractivity contribution in [1.29, 1.82) is 0 Å². The standard InChI is InChI=1S/C15H12FNO3/c16-11-7-5-10(6-8-11)9-17-14(18)12-3-1-2-4-13(12)15(19)20/h1-8H,9H2,(H,17,18)(H,19,20)/p-1. The van der Waals surface area contributed by atoms with Crippen LogP contribution in [0.3, 0.4) is 0 Å². The molecule has 0 atom stereocenters. The number of hydrogen-bond acceptors (Lipinski definition) is 3. The summed E-state index contributed by atoms with van der Waals surface area (Å²) >= 11 is 0. The molecule has 102 valence electrons. The minimum Gasteiger partial charge on any atom is -0.545 e. The predicted octanol–water partition coefficient (Wildman–Crippen LogP) is 1.12. The average molecular weight is 272 g/mol. The van der Waals surface area contributed by atoms with Crippen molar-refractivity contribution in [1.82, 2.24) is 5.32 Å². The first-order chi connectivity index (χ1) is 9.58. The number of aromatic carboxylic acids is 1. The van der Waals surface area contributed by atoms with Crippen molar-refractivity contribution < 1.29 is 19.1 Å². The van der Waals surface area contributed by atoms with Crippen molar-refractivity contribution in [3.63, 3.8) is 0 Å². The van der Waals surface area contributed by atoms with Crippen LogP contribution in [0.2, 0.25) is 0 Å². The van der Waals surface area contributed by atoms with Gasteiger partial charge in [0, 0.05) is 17.7 Å². The molecule has 2 aromatic rings. The van der Waals surface area contributed by atoms with Crippen molar-refractivity contribution in [3.05, 3.63) is 71.0 Å². The van der Waals surface area contributed by atoms with Crippen molar-refractivity contribution in [3.8, 4) is 0 Å². The third kappa shape index (κ3) is 3.20. The van der Waals surface area contributed by atoms with E-state index < -0.39 is 11.9 Å². The maximum Gasteiger partial charge on any atom is 0.252 e. The molecule has 0 aliphatic rings. The van der Waals surface area contributed by atoms with Crippen LogP contribution >= 0.6 is 0 Å². The predicted molar refractivity (Wildman–Crippen MR) is 68.3 cm³/mol. The van der Waals surface area contributed by atoms with Crippen LogP contribution in [0.25, 0.3) is 0 Å². The molecular weight excluding hydrogens is 261 g/mol. The first-order valence-electron chi connectivity index (χ1n) is 5.91. The van der Waals surface area contributed by atoms with E-state index in [1.54, 1.807) is 18.2 Å². The number of hydrogen-bond donors (Lipinski definition) is 1. The van der Waals surface area contributed by atoms with Gasteiger partial charge in [0.15, 0.2) is 0 Å². The van der Waals surface area contributed by atoms with Crippen molar-refractivity contribution in [2.75, 3.05) is 0 Å². The molecule has 5 heteroatoms. The number of amides is 1. The molecule has 0 spiro atoms. The largest absolute Gasteiger partial charge is 0.545 e. The van der Waals surface area contributed by atoms with Gasteiger partial charge in [-0.1, -0.05) is 30.3 Å². The van der Waals surface area contributed by atoms with E-state index in [4.69, 9.17) is 0 Å². The Morgan fingerprint density at radius 3 is 2.20 bits per heavy atom. The number of halogens is 1. The second kappa shape index (κ2) is 5.97. The average Bonchev–Trinajstić information content (AvgIpc) is 2.46. The Balaban J connectivity index is 2.09. The maximum atomic E-state index is 12.7. The maximum absolute atomic E-state index is 12.7. The molecule has 1 N–H and O–H groups in total. The number of benzene rings is 2. The van der Waals surface area contributed by atoms with Gasteiger partial charge in [-0.25, -0.2) is 4.39 Å². The highest BCUT2D eigenvalue weighted by molar-refractivity contribution is 6.04. The lowest BCUT2D eigenvalue weighted by Crippen LogP contribution is -2.29. The quantitative estimate of drug-likeness (QED) is 0.906. The number of nitrogens with one attached hydrogen (secondary N) is 1. The summed E-state index contributed by atoms with van der Waals surface area (Å²) in [4.78, 5) is 22.8. The molecule has 0 radical (unpaired) electrons. The van der Waals surface area contributed by atoms with Crippen molar-refractivity contribution in [2.45, 2.75) is 6.54 Å². The van der Waals surface area contributed by atoms with Crippen molar-refractivity contribution in [2.24, 2.45) is 0 Å². The molecule has 0 bridgehead atoms. The molecule has 0 aliphatic heterocycles. The molecule has 2 rings (SSSR count). The van der Waals surface area contributed by atoms with Gasteiger partial charge in [0.1, 0.15) is 5.82 Å². The van der Waals surface area contributed by atoms with Crippen LogP contribution in [0.1, 0.15) is 26.3 Å². The first-order valence-corrected chi connectivity index (χ1v) is 5.91. The molecule has 0 saturated carbocycles. The fraction of sp³-hybridized carbons (Fsp3) is 0.0667. The van der Waals surface area contributed by atoms with Crippen LogP contribution in [-0.4, -0.2) is 11.9 Å². The summed E-state index contributed by atoms with van der Waals surface area (Å²) < 4.78 is 12.7. The molecule has 0 unspecified atom stereocenters. The summed E-state index contributed by atoms with van der Waals surface area (Å²) in [5, 5.41) is 13.5. The van der Waals surface area contributed by atoms with E-state index in [-0.39, 0.29) is 23.5 Å². The van der Waals surface area contributed by atoms with Crippen LogP contribution in [0.15, 0.2) is 48.5 Å². The Morgan fingerprint density at radius 2 is 1.60 bits per heavy atom. The Kier molecular flexibility index (Phi) is 4.10. The zero-order valence-electron chi connectivity index (χ0n) is 10.4. The number of rotatable bonds is 4. The highest BCUT2D eigenvalue weighted by Crippen LogP contribution is 2.08. The van der Waals surface area contributed by atoms with Gasteiger partial charge in [-0.2, -0.15) is 0 Å². The molecule has 20 heavy (non-hydrogen) atoms. The molecule has 0 aromatic heterocycles. The van der Waals surface area contributed by atoms with E-state index in [2.05, 4.69) is 5.32 Å². The molecule has 0 heterocycles. The summed E-state index contributed by atoms with van der Waals surface area (Å²) in [5.74, 6) is -2.28. The van der Waals surface area contributed by atoms with Gasteiger partial charge >= 0.3 is 0 Å². The van der Waals surface area contributed by atoms with Crippen LogP contribution in [0.4, 0.5) is 4.39 Å². The molecular formula is C15H11FNO3-. The third-order valence-corrected chi connectivity index (χ3v) is 2.76. The van der Waals surface area contributed by atoms with E-state index in [0.29, 0.717) is 5.56 Å². The number of carbonyl (C=O) groups is 2. The lowest BCUT2D eigenvalue weighted by atomic mass is 10.1. The van der Waals surface area contributed by atoms with Crippen LogP contribution < -0.4 is 10.4 Å². The summed E-state index contributed by atoms with van der Waals surface area (Å²) in [6.45, 7) is 0.181. The minimum atomic E-state index is -1.41. The Labute approximate surface area is 114 Å². The van der Waals surface area contributed by atoms with Crippen LogP contribution in [-0.2, 0) is 6.54 Å². The normalized spacial score (nSPS) is 10.1. The molecule has 4 nitrogen and oxygen atoms in total. The number of carboxylic acid groups (broad SMARTS) is 1. The van der Waals surface area contributed by atoms with Gasteiger partial charge in [0.25, 0.3) is 5.91 Å². The summed E-state index contributed by atoms with van der Waals surface area (Å²) in [6.07, 6.45) is 0. The molecule has 0 saturated heterocycles. The van der Waals surface area contributed by atoms with E-state index in [9.17, 15) is 19.1 Å². The fourth-order valence-corrected chi connectivity index (χ4v) is 1.74. The summed E-state index contributed by atoms with van der Waals surface area (Å²) in [6, 6.07) is 11.5. The van der Waals surface area contributed by atoms with Crippen LogP contribution in [0, 0.1) is 5.82 Å². The monoisotopic (exact) mass is 272 g/mol. The highest BCUT2D eigenvalue weighted by atomic mass is 19.1. The van der Waals surface area contributed by atoms with E-state index >= 15 is 0 Å². The second-order valence-corrected chi connectivity index (χ2v) is 4.14. The smallest absolute Gasteiger partial charge is 0.252 e. The van der Waals surface area contributed by atoms with Gasteiger partial charge in [0.05, 0.1) is 5.97 Å². The zero-order valence-corrected chi connectivity index (χ0v) is 10.4. The van der Waals surface area contributed by atoms with E-state index in [1.165, 1.54) is 30.3 Å². The number of carbonyl (C=O) groups excluding carboxylic acids is 2. The molecule has 0 aliphatic carbocycles. The van der Waals surface area contributed by atoms with Gasteiger partial charge < -0.3 is 15.2 Å². The van der Waals surface area contributed by atoms with Crippen LogP contribution in [0.5, 0.6) is 0 Å². The van der Waals surface area contributed by atoms with E-state index in [0.717, 1.165) is 0 Å². The van der Waals surface area contributed by atoms with Gasteiger partial charge in [-0.05, 0) is 23.8 Å². The van der Waals surface area contributed by atoms with E-state index in [1.807, 2.05) is 0 Å². The summed E-state index contributed by atoms with van der Waals surface area (Å²) in [7, 11) is 0. The highest BCUT2D eigenvalue weighted by Gasteiger charge is 2.10. The van der Waals surface area contributed by atoms with Crippen molar-refractivity contribution >= 4 is 11.9 Å². The first kappa shape index (κ1) is 13.7. The topological polar surface area (TPSA) is 69.2 Å². The Morgan fingerprint density at radius 1 is 1.00 bits per heavy atom. The lowest BCUT2D eigenvalue weighted by Gasteiger charge is -2.10. The minimum absolute atomic E-state index is 0.0367. The fourth-order valence-electron chi connectivity index (χ4n) is 1.74. The third-order valence-electron chi connectivity index (χ3n) is 2.76. The Bertz CT molecular complexity index is 638. The Hall–Kier alpha value is -2.69.